The quantitative estimate of drug-likeness (QED) is 0.157. The largest absolute Gasteiger partial charge is 0.479 e. The fourth-order valence-corrected chi connectivity index (χ4v) is 6.51. The SMILES string of the molecule is CCOC(=O)CP(=O)(N[C@@H](CCSC)C(=O)OCC)OC[C@H]1O[C@@H](n2cnc3c(OC)nc(N)nc32)[C@@](C)(O)C1O. The molecule has 0 saturated carbocycles. The number of ether oxygens (including phenoxy) is 4. The highest BCUT2D eigenvalue weighted by atomic mass is 32.2. The van der Waals surface area contributed by atoms with Crippen molar-refractivity contribution in [2.45, 2.75) is 57.3 Å². The first kappa shape index (κ1) is 33.0. The van der Waals surface area contributed by atoms with Crippen LogP contribution in [0.15, 0.2) is 6.33 Å². The summed E-state index contributed by atoms with van der Waals surface area (Å²) in [6, 6.07) is -1.04. The smallest absolute Gasteiger partial charge is 0.323 e. The predicted octanol–water partition coefficient (Wildman–Crippen LogP) is 0.474. The summed E-state index contributed by atoms with van der Waals surface area (Å²) in [5.41, 5.74) is 4.31. The van der Waals surface area contributed by atoms with E-state index in [1.165, 1.54) is 36.7 Å². The Balaban J connectivity index is 1.85. The van der Waals surface area contributed by atoms with Gasteiger partial charge >= 0.3 is 11.9 Å². The topological polar surface area (TPSA) is 219 Å². The van der Waals surface area contributed by atoms with Crippen LogP contribution in [0.5, 0.6) is 5.88 Å². The van der Waals surface area contributed by atoms with Crippen molar-refractivity contribution in [3.05, 3.63) is 6.33 Å². The lowest BCUT2D eigenvalue weighted by molar-refractivity contribution is -0.145. The minimum Gasteiger partial charge on any atom is -0.479 e. The first-order chi connectivity index (χ1) is 19.4. The summed E-state index contributed by atoms with van der Waals surface area (Å²) >= 11 is 1.47. The van der Waals surface area contributed by atoms with E-state index in [4.69, 9.17) is 29.2 Å². The Hall–Kier alpha value is -2.53. The maximum absolute atomic E-state index is 13.9. The van der Waals surface area contributed by atoms with Crippen LogP contribution in [0.4, 0.5) is 5.95 Å². The molecular formula is C23H37N6O10PS. The van der Waals surface area contributed by atoms with Crippen LogP contribution in [0.1, 0.15) is 33.4 Å². The van der Waals surface area contributed by atoms with Gasteiger partial charge in [-0.3, -0.25) is 18.7 Å². The van der Waals surface area contributed by atoms with Gasteiger partial charge in [-0.15, -0.1) is 0 Å². The maximum atomic E-state index is 13.9. The molecule has 18 heteroatoms. The standard InChI is InChI=1S/C23H37N6O10PS/c1-6-36-15(30)11-40(34,28-13(8-9-41-5)20(32)37-7-2)38-10-14-17(31)23(3,33)21(39-14)29-12-25-16-18(29)26-22(24)27-19(16)35-4/h12-14,17,21,31,33H,6-11H2,1-5H3,(H,28,34)(H2,24,26,27)/t13-,14+,17?,21+,23-,40?/m0/s1. The second-order valence-corrected chi connectivity index (χ2v) is 12.4. The lowest BCUT2D eigenvalue weighted by atomic mass is 9.96. The number of aromatic nitrogens is 4. The van der Waals surface area contributed by atoms with Gasteiger partial charge in [0.05, 0.1) is 33.3 Å². The Morgan fingerprint density at radius 1 is 1.32 bits per heavy atom. The van der Waals surface area contributed by atoms with Crippen molar-refractivity contribution >= 4 is 48.3 Å². The van der Waals surface area contributed by atoms with Gasteiger partial charge in [0.15, 0.2) is 17.4 Å². The van der Waals surface area contributed by atoms with Crippen molar-refractivity contribution in [2.75, 3.05) is 50.8 Å². The highest BCUT2D eigenvalue weighted by Gasteiger charge is 2.54. The lowest BCUT2D eigenvalue weighted by Gasteiger charge is -2.27. The van der Waals surface area contributed by atoms with Crippen LogP contribution in [0, 0.1) is 0 Å². The van der Waals surface area contributed by atoms with Gasteiger partial charge in [-0.05, 0) is 39.2 Å². The van der Waals surface area contributed by atoms with E-state index < -0.39 is 62.3 Å². The molecule has 6 atom stereocenters. The number of aliphatic hydroxyl groups excluding tert-OH is 1. The normalized spacial score (nSPS) is 24.6. The molecular weight excluding hydrogens is 583 g/mol. The number of carbonyl (C=O) groups excluding carboxylic acids is 2. The predicted molar refractivity (Wildman–Crippen MR) is 148 cm³/mol. The average molecular weight is 621 g/mol. The first-order valence-corrected chi connectivity index (χ1v) is 16.0. The minimum atomic E-state index is -4.12. The summed E-state index contributed by atoms with van der Waals surface area (Å²) in [5.74, 6) is -0.948. The number of nitrogens with zero attached hydrogens (tertiary/aromatic N) is 4. The fourth-order valence-electron chi connectivity index (χ4n) is 4.25. The minimum absolute atomic E-state index is 0.0410. The molecule has 41 heavy (non-hydrogen) atoms. The third-order valence-corrected chi connectivity index (χ3v) is 8.82. The molecule has 230 valence electrons. The van der Waals surface area contributed by atoms with Crippen molar-refractivity contribution in [2.24, 2.45) is 0 Å². The highest BCUT2D eigenvalue weighted by Crippen LogP contribution is 2.46. The van der Waals surface area contributed by atoms with Crippen LogP contribution in [-0.2, 0) is 32.9 Å². The number of thioether (sulfide) groups is 1. The summed E-state index contributed by atoms with van der Waals surface area (Å²) < 4.78 is 42.1. The molecule has 0 aromatic carbocycles. The number of hydrogen-bond acceptors (Lipinski definition) is 15. The number of imidazole rings is 1. The van der Waals surface area contributed by atoms with Gasteiger partial charge in [-0.2, -0.15) is 21.7 Å². The lowest BCUT2D eigenvalue weighted by Crippen LogP contribution is -2.44. The zero-order valence-corrected chi connectivity index (χ0v) is 25.2. The van der Waals surface area contributed by atoms with E-state index in [0.717, 1.165) is 0 Å². The van der Waals surface area contributed by atoms with E-state index in [1.54, 1.807) is 13.8 Å². The number of nitrogens with one attached hydrogen (secondary N) is 1. The Morgan fingerprint density at radius 3 is 2.66 bits per heavy atom. The summed E-state index contributed by atoms with van der Waals surface area (Å²) in [7, 11) is -2.73. The Bertz CT molecular complexity index is 1260. The number of hydrogen-bond donors (Lipinski definition) is 4. The number of nitrogen functional groups attached to an aromatic ring is 1. The number of esters is 2. The molecule has 1 aliphatic heterocycles. The molecule has 16 nitrogen and oxygen atoms in total. The summed E-state index contributed by atoms with van der Waals surface area (Å²) in [6.45, 7) is 4.19. The third-order valence-electron chi connectivity index (χ3n) is 6.23. The Kier molecular flexibility index (Phi) is 11.3. The number of methoxy groups -OCH3 is 1. The highest BCUT2D eigenvalue weighted by molar-refractivity contribution is 7.98. The van der Waals surface area contributed by atoms with Crippen molar-refractivity contribution in [3.63, 3.8) is 0 Å². The van der Waals surface area contributed by atoms with Crippen LogP contribution in [0.3, 0.4) is 0 Å². The average Bonchev–Trinajstić information content (AvgIpc) is 3.42. The second-order valence-electron chi connectivity index (χ2n) is 9.26. The maximum Gasteiger partial charge on any atom is 0.323 e. The fraction of sp³-hybridized carbons (Fsp3) is 0.696. The van der Waals surface area contributed by atoms with Crippen LogP contribution in [0.2, 0.25) is 0 Å². The van der Waals surface area contributed by atoms with Gasteiger partial charge in [0.25, 0.3) is 7.52 Å². The van der Waals surface area contributed by atoms with Crippen molar-refractivity contribution in [1.82, 2.24) is 24.6 Å². The molecule has 2 aromatic rings. The van der Waals surface area contributed by atoms with Gasteiger partial charge in [0, 0.05) is 0 Å². The van der Waals surface area contributed by atoms with E-state index in [2.05, 4.69) is 20.0 Å². The number of anilines is 1. The molecule has 1 aliphatic rings. The van der Waals surface area contributed by atoms with Crippen LogP contribution in [-0.4, -0.2) is 111 Å². The van der Waals surface area contributed by atoms with E-state index in [1.807, 2.05) is 6.26 Å². The zero-order valence-electron chi connectivity index (χ0n) is 23.5. The van der Waals surface area contributed by atoms with E-state index in [-0.39, 0.29) is 42.6 Å². The van der Waals surface area contributed by atoms with Crippen molar-refractivity contribution in [3.8, 4) is 5.88 Å². The first-order valence-electron chi connectivity index (χ1n) is 12.8. The molecule has 2 aromatic heterocycles. The number of aliphatic hydroxyl groups is 2. The Morgan fingerprint density at radius 2 is 2.02 bits per heavy atom. The van der Waals surface area contributed by atoms with Gasteiger partial charge in [0.1, 0.15) is 30.0 Å². The second kappa shape index (κ2) is 14.1. The molecule has 0 bridgehead atoms. The van der Waals surface area contributed by atoms with Crippen LogP contribution in [0.25, 0.3) is 11.2 Å². The molecule has 1 fully saturated rings. The molecule has 5 N–H and O–H groups in total. The van der Waals surface area contributed by atoms with Crippen molar-refractivity contribution < 1.29 is 47.8 Å². The zero-order chi connectivity index (χ0) is 30.4. The number of nitrogens with two attached hydrogens (primary N) is 1. The molecule has 0 radical (unpaired) electrons. The molecule has 1 saturated heterocycles. The number of carbonyl (C=O) groups is 2. The molecule has 0 aliphatic carbocycles. The molecule has 2 unspecified atom stereocenters. The monoisotopic (exact) mass is 620 g/mol. The van der Waals surface area contributed by atoms with Crippen molar-refractivity contribution in [1.29, 1.82) is 0 Å². The molecule has 3 heterocycles. The molecule has 3 rings (SSSR count). The number of fused-ring (bicyclic) bond motifs is 1. The Labute approximate surface area is 241 Å². The van der Waals surface area contributed by atoms with Crippen LogP contribution >= 0.6 is 19.3 Å². The summed E-state index contributed by atoms with van der Waals surface area (Å²) in [5, 5.41) is 24.9. The van der Waals surface area contributed by atoms with Gasteiger partial charge in [0.2, 0.25) is 11.8 Å². The summed E-state index contributed by atoms with van der Waals surface area (Å²) in [4.78, 5) is 37.2. The van der Waals surface area contributed by atoms with E-state index >= 15 is 0 Å². The van der Waals surface area contributed by atoms with E-state index in [0.29, 0.717) is 5.75 Å². The van der Waals surface area contributed by atoms with Gasteiger partial charge < -0.3 is 39.4 Å². The van der Waals surface area contributed by atoms with Gasteiger partial charge in [-0.25, -0.2) is 10.1 Å². The molecule has 0 spiro atoms. The third kappa shape index (κ3) is 7.66. The van der Waals surface area contributed by atoms with E-state index in [9.17, 15) is 24.4 Å². The number of rotatable bonds is 15. The van der Waals surface area contributed by atoms with Gasteiger partial charge in [-0.1, -0.05) is 0 Å². The molecule has 0 amide bonds. The summed E-state index contributed by atoms with van der Waals surface area (Å²) in [6.07, 6.45) is -1.28. The van der Waals surface area contributed by atoms with Crippen LogP contribution < -0.4 is 15.6 Å².